The molecule has 82 valence electrons. The number of nitrogens with zero attached hydrogens (tertiary/aromatic N) is 1. The molecule has 0 heterocycles. The number of rotatable bonds is 5. The van der Waals surface area contributed by atoms with Crippen molar-refractivity contribution in [3.05, 3.63) is 0 Å². The molecule has 0 unspecified atom stereocenters. The molecule has 0 atom stereocenters. The lowest BCUT2D eigenvalue weighted by Crippen LogP contribution is -2.50. The van der Waals surface area contributed by atoms with Crippen molar-refractivity contribution < 1.29 is 14.7 Å². The predicted molar refractivity (Wildman–Crippen MR) is 53.0 cm³/mol. The van der Waals surface area contributed by atoms with Crippen LogP contribution in [-0.2, 0) is 9.59 Å². The summed E-state index contributed by atoms with van der Waals surface area (Å²) in [4.78, 5) is 23.8. The summed E-state index contributed by atoms with van der Waals surface area (Å²) < 4.78 is 0. The zero-order valence-corrected chi connectivity index (χ0v) is 9.13. The quantitative estimate of drug-likeness (QED) is 0.654. The molecule has 0 aliphatic carbocycles. The van der Waals surface area contributed by atoms with Gasteiger partial charge >= 0.3 is 5.97 Å². The van der Waals surface area contributed by atoms with E-state index in [-0.39, 0.29) is 5.91 Å². The van der Waals surface area contributed by atoms with E-state index in [2.05, 4.69) is 5.32 Å². The van der Waals surface area contributed by atoms with Gasteiger partial charge < -0.3 is 15.3 Å². The van der Waals surface area contributed by atoms with Gasteiger partial charge in [-0.1, -0.05) is 0 Å². The highest BCUT2D eigenvalue weighted by Gasteiger charge is 2.28. The topological polar surface area (TPSA) is 69.6 Å². The molecule has 0 aliphatic heterocycles. The molecule has 5 nitrogen and oxygen atoms in total. The van der Waals surface area contributed by atoms with Gasteiger partial charge in [-0.2, -0.15) is 0 Å². The molecule has 0 aromatic heterocycles. The van der Waals surface area contributed by atoms with Crippen molar-refractivity contribution >= 4 is 11.9 Å². The molecule has 14 heavy (non-hydrogen) atoms. The average Bonchev–Trinajstić information content (AvgIpc) is 1.99. The van der Waals surface area contributed by atoms with Crippen molar-refractivity contribution in [3.8, 4) is 0 Å². The van der Waals surface area contributed by atoms with Gasteiger partial charge in [0, 0.05) is 13.0 Å². The lowest BCUT2D eigenvalue weighted by Gasteiger charge is -2.21. The molecule has 0 radical (unpaired) electrons. The fourth-order valence-electron chi connectivity index (χ4n) is 0.790. The van der Waals surface area contributed by atoms with Crippen LogP contribution in [0.25, 0.3) is 0 Å². The van der Waals surface area contributed by atoms with E-state index in [4.69, 9.17) is 5.11 Å². The third-order valence-corrected chi connectivity index (χ3v) is 1.77. The van der Waals surface area contributed by atoms with Gasteiger partial charge in [-0.15, -0.1) is 0 Å². The maximum absolute atomic E-state index is 11.3. The second kappa shape index (κ2) is 4.95. The number of carbonyl (C=O) groups excluding carboxylic acids is 1. The van der Waals surface area contributed by atoms with Crippen LogP contribution < -0.4 is 5.32 Å². The summed E-state index contributed by atoms with van der Waals surface area (Å²) in [7, 11) is 3.71. The molecule has 0 saturated carbocycles. The van der Waals surface area contributed by atoms with E-state index in [0.29, 0.717) is 13.0 Å². The number of amides is 1. The number of aliphatic carboxylic acids is 1. The summed E-state index contributed by atoms with van der Waals surface area (Å²) >= 11 is 0. The van der Waals surface area contributed by atoms with Crippen molar-refractivity contribution in [1.82, 2.24) is 10.2 Å². The Hall–Kier alpha value is -1.10. The first-order chi connectivity index (χ1) is 6.25. The number of hydrogen-bond acceptors (Lipinski definition) is 3. The van der Waals surface area contributed by atoms with Gasteiger partial charge in [0.05, 0.1) is 0 Å². The minimum atomic E-state index is -1.19. The summed E-state index contributed by atoms with van der Waals surface area (Å²) in [5, 5.41) is 11.2. The van der Waals surface area contributed by atoms with E-state index in [1.165, 1.54) is 13.8 Å². The molecular formula is C9H18N2O3. The van der Waals surface area contributed by atoms with Crippen LogP contribution in [-0.4, -0.2) is 48.1 Å². The van der Waals surface area contributed by atoms with Crippen molar-refractivity contribution in [1.29, 1.82) is 0 Å². The summed E-state index contributed by atoms with van der Waals surface area (Å²) in [6, 6.07) is 0. The lowest BCUT2D eigenvalue weighted by atomic mass is 10.1. The third kappa shape index (κ3) is 4.81. The molecule has 0 aliphatic rings. The largest absolute Gasteiger partial charge is 0.480 e. The molecule has 2 N–H and O–H groups in total. The highest BCUT2D eigenvalue weighted by molar-refractivity contribution is 5.86. The van der Waals surface area contributed by atoms with Crippen LogP contribution in [0.1, 0.15) is 20.3 Å². The highest BCUT2D eigenvalue weighted by Crippen LogP contribution is 2.02. The number of hydrogen-bond donors (Lipinski definition) is 2. The normalized spacial score (nSPS) is 11.5. The summed E-state index contributed by atoms with van der Waals surface area (Å²) in [6.07, 6.45) is 0.309. The van der Waals surface area contributed by atoms with Crippen molar-refractivity contribution in [2.45, 2.75) is 25.8 Å². The zero-order valence-electron chi connectivity index (χ0n) is 9.13. The monoisotopic (exact) mass is 202 g/mol. The van der Waals surface area contributed by atoms with Crippen LogP contribution in [0.15, 0.2) is 0 Å². The second-order valence-corrected chi connectivity index (χ2v) is 4.03. The minimum Gasteiger partial charge on any atom is -0.480 e. The summed E-state index contributed by atoms with van der Waals surface area (Å²) in [6.45, 7) is 3.54. The van der Waals surface area contributed by atoms with E-state index in [1.807, 2.05) is 19.0 Å². The predicted octanol–water partition coefficient (Wildman–Crippen LogP) is -0.0825. The van der Waals surface area contributed by atoms with Crippen molar-refractivity contribution in [3.63, 3.8) is 0 Å². The summed E-state index contributed by atoms with van der Waals surface area (Å²) in [5.74, 6) is -1.28. The number of nitrogens with one attached hydrogen (secondary N) is 1. The molecule has 5 heteroatoms. The standard InChI is InChI=1S/C9H18N2O3/c1-9(2,8(13)14)10-7(12)5-6-11(3)4/h5-6H2,1-4H3,(H,10,12)(H,13,14). The lowest BCUT2D eigenvalue weighted by molar-refractivity contribution is -0.146. The van der Waals surface area contributed by atoms with Gasteiger partial charge in [-0.05, 0) is 27.9 Å². The first kappa shape index (κ1) is 12.9. The number of carboxylic acid groups (broad SMARTS) is 1. The molecule has 0 saturated heterocycles. The Labute approximate surface area is 84.1 Å². The molecule has 0 aromatic rings. The first-order valence-corrected chi connectivity index (χ1v) is 4.45. The van der Waals surface area contributed by atoms with E-state index in [1.54, 1.807) is 0 Å². The fourth-order valence-corrected chi connectivity index (χ4v) is 0.790. The molecule has 0 fully saturated rings. The molecule has 0 bridgehead atoms. The molecule has 1 amide bonds. The van der Waals surface area contributed by atoms with Crippen LogP contribution in [0.3, 0.4) is 0 Å². The number of carboxylic acids is 1. The van der Waals surface area contributed by atoms with E-state index < -0.39 is 11.5 Å². The molecular weight excluding hydrogens is 184 g/mol. The zero-order chi connectivity index (χ0) is 11.4. The van der Waals surface area contributed by atoms with Crippen LogP contribution in [0, 0.1) is 0 Å². The van der Waals surface area contributed by atoms with Crippen LogP contribution in [0.5, 0.6) is 0 Å². The van der Waals surface area contributed by atoms with Crippen LogP contribution in [0.4, 0.5) is 0 Å². The van der Waals surface area contributed by atoms with Crippen molar-refractivity contribution in [2.75, 3.05) is 20.6 Å². The first-order valence-electron chi connectivity index (χ1n) is 4.45. The van der Waals surface area contributed by atoms with Gasteiger partial charge in [-0.25, -0.2) is 4.79 Å². The van der Waals surface area contributed by atoms with E-state index in [0.717, 1.165) is 0 Å². The second-order valence-electron chi connectivity index (χ2n) is 4.03. The smallest absolute Gasteiger partial charge is 0.328 e. The van der Waals surface area contributed by atoms with Gasteiger partial charge in [0.1, 0.15) is 5.54 Å². The molecule has 0 spiro atoms. The number of carbonyl (C=O) groups is 2. The van der Waals surface area contributed by atoms with Crippen LogP contribution >= 0.6 is 0 Å². The highest BCUT2D eigenvalue weighted by atomic mass is 16.4. The Bertz CT molecular complexity index is 224. The Balaban J connectivity index is 4.00. The summed E-state index contributed by atoms with van der Waals surface area (Å²) in [5.41, 5.74) is -1.19. The molecule has 0 aromatic carbocycles. The SMILES string of the molecule is CN(C)CCC(=O)NC(C)(C)C(=O)O. The molecule has 0 rings (SSSR count). The minimum absolute atomic E-state index is 0.244. The Morgan fingerprint density at radius 3 is 2.21 bits per heavy atom. The van der Waals surface area contributed by atoms with Gasteiger partial charge in [-0.3, -0.25) is 4.79 Å². The van der Waals surface area contributed by atoms with Gasteiger partial charge in [0.15, 0.2) is 0 Å². The Kier molecular flexibility index (Phi) is 4.56. The van der Waals surface area contributed by atoms with Crippen LogP contribution in [0.2, 0.25) is 0 Å². The maximum atomic E-state index is 11.3. The fraction of sp³-hybridized carbons (Fsp3) is 0.778. The average molecular weight is 202 g/mol. The van der Waals surface area contributed by atoms with E-state index in [9.17, 15) is 9.59 Å². The van der Waals surface area contributed by atoms with Crippen molar-refractivity contribution in [2.24, 2.45) is 0 Å². The van der Waals surface area contributed by atoms with Gasteiger partial charge in [0.2, 0.25) is 5.91 Å². The Morgan fingerprint density at radius 1 is 1.36 bits per heavy atom. The van der Waals surface area contributed by atoms with Gasteiger partial charge in [0.25, 0.3) is 0 Å². The Morgan fingerprint density at radius 2 is 1.86 bits per heavy atom. The third-order valence-electron chi connectivity index (χ3n) is 1.77. The maximum Gasteiger partial charge on any atom is 0.328 e. The van der Waals surface area contributed by atoms with E-state index >= 15 is 0 Å².